The Bertz CT molecular complexity index is 1080. The van der Waals surface area contributed by atoms with Crippen LogP contribution in [-0.2, 0) is 4.74 Å². The molecule has 0 radical (unpaired) electrons. The van der Waals surface area contributed by atoms with Crippen LogP contribution in [0.15, 0.2) is 42.9 Å². The van der Waals surface area contributed by atoms with Crippen LogP contribution in [0.3, 0.4) is 0 Å². The number of anilines is 1. The second kappa shape index (κ2) is 6.35. The van der Waals surface area contributed by atoms with Crippen molar-refractivity contribution in [3.05, 3.63) is 60.1 Å². The molecule has 9 heteroatoms. The highest BCUT2D eigenvalue weighted by Gasteiger charge is 2.55. The van der Waals surface area contributed by atoms with Gasteiger partial charge in [0.15, 0.2) is 24.4 Å². The molecular formula is C20H17F4N3O2. The van der Waals surface area contributed by atoms with E-state index in [1.54, 1.807) is 6.20 Å². The van der Waals surface area contributed by atoms with Gasteiger partial charge in [0.2, 0.25) is 5.82 Å². The van der Waals surface area contributed by atoms with Gasteiger partial charge in [0.05, 0.1) is 6.04 Å². The molecule has 0 bridgehead atoms. The van der Waals surface area contributed by atoms with E-state index < -0.39 is 36.0 Å². The molecule has 4 heterocycles. The lowest BCUT2D eigenvalue weighted by Gasteiger charge is -2.29. The van der Waals surface area contributed by atoms with Gasteiger partial charge in [0.25, 0.3) is 5.92 Å². The molecule has 0 N–H and O–H groups in total. The van der Waals surface area contributed by atoms with E-state index >= 15 is 0 Å². The molecule has 2 aliphatic rings. The lowest BCUT2D eigenvalue weighted by molar-refractivity contribution is -0.0241. The van der Waals surface area contributed by atoms with Crippen molar-refractivity contribution in [2.45, 2.75) is 37.6 Å². The predicted molar refractivity (Wildman–Crippen MR) is 96.2 cm³/mol. The number of imidazole rings is 1. The van der Waals surface area contributed by atoms with Gasteiger partial charge < -0.3 is 18.8 Å². The quantitative estimate of drug-likeness (QED) is 0.467. The smallest absolute Gasteiger partial charge is 0.278 e. The average Bonchev–Trinajstić information content (AvgIpc) is 3.11. The molecule has 2 aliphatic heterocycles. The molecule has 0 amide bonds. The highest BCUT2D eigenvalue weighted by atomic mass is 19.3. The van der Waals surface area contributed by atoms with Crippen molar-refractivity contribution in [2.24, 2.45) is 0 Å². The fraction of sp³-hybridized carbons (Fsp3) is 0.350. The summed E-state index contributed by atoms with van der Waals surface area (Å²) in [5.74, 6) is -6.04. The van der Waals surface area contributed by atoms with Crippen LogP contribution in [0.2, 0.25) is 0 Å². The van der Waals surface area contributed by atoms with Gasteiger partial charge in [-0.1, -0.05) is 6.07 Å². The van der Waals surface area contributed by atoms with Crippen molar-refractivity contribution in [1.82, 2.24) is 9.38 Å². The summed E-state index contributed by atoms with van der Waals surface area (Å²) in [5.41, 5.74) is 1.64. The van der Waals surface area contributed by atoms with Crippen LogP contribution in [-0.4, -0.2) is 34.2 Å². The molecule has 1 aromatic carbocycles. The van der Waals surface area contributed by atoms with Crippen molar-refractivity contribution < 1.29 is 27.0 Å². The van der Waals surface area contributed by atoms with E-state index in [0.29, 0.717) is 13.3 Å². The number of hydrogen-bond donors (Lipinski definition) is 0. The van der Waals surface area contributed by atoms with Gasteiger partial charge in [-0.3, -0.25) is 0 Å². The fourth-order valence-corrected chi connectivity index (χ4v) is 3.85. The number of rotatable bonds is 5. The topological polar surface area (TPSA) is 42.3 Å². The number of benzene rings is 1. The van der Waals surface area contributed by atoms with E-state index in [9.17, 15) is 17.6 Å². The van der Waals surface area contributed by atoms with Crippen LogP contribution in [0, 0.1) is 11.6 Å². The minimum Gasteiger partial charge on any atom is -0.484 e. The predicted octanol–water partition coefficient (Wildman–Crippen LogP) is 4.32. The van der Waals surface area contributed by atoms with Crippen LogP contribution >= 0.6 is 0 Å². The molecule has 2 fully saturated rings. The second-order valence-corrected chi connectivity index (χ2v) is 7.44. The van der Waals surface area contributed by atoms with E-state index in [1.807, 2.05) is 33.8 Å². The van der Waals surface area contributed by atoms with Crippen LogP contribution < -0.4 is 9.64 Å². The number of epoxide rings is 1. The zero-order chi connectivity index (χ0) is 20.3. The minimum absolute atomic E-state index is 0.0619. The summed E-state index contributed by atoms with van der Waals surface area (Å²) in [6.45, 7) is -0.379. The Balaban J connectivity index is 1.47. The lowest BCUT2D eigenvalue weighted by atomic mass is 10.0. The zero-order valence-electron chi connectivity index (χ0n) is 15.4. The van der Waals surface area contributed by atoms with Crippen LogP contribution in [0.5, 0.6) is 5.75 Å². The molecule has 152 valence electrons. The first-order valence-electron chi connectivity index (χ1n) is 9.17. The van der Waals surface area contributed by atoms with Gasteiger partial charge in [-0.15, -0.1) is 0 Å². The number of aromatic nitrogens is 2. The highest BCUT2D eigenvalue weighted by molar-refractivity contribution is 5.60. The Labute approximate surface area is 163 Å². The average molecular weight is 407 g/mol. The Kier molecular flexibility index (Phi) is 3.99. The molecule has 29 heavy (non-hydrogen) atoms. The van der Waals surface area contributed by atoms with Gasteiger partial charge in [-0.05, 0) is 12.1 Å². The Hall–Kier alpha value is -2.81. The Morgan fingerprint density at radius 1 is 1.21 bits per heavy atom. The maximum absolute atomic E-state index is 14.8. The molecule has 0 spiro atoms. The van der Waals surface area contributed by atoms with Gasteiger partial charge >= 0.3 is 0 Å². The molecule has 5 rings (SSSR count). The lowest BCUT2D eigenvalue weighted by Crippen LogP contribution is -2.28. The second-order valence-electron chi connectivity index (χ2n) is 7.44. The van der Waals surface area contributed by atoms with Crippen LogP contribution in [0.25, 0.3) is 5.65 Å². The van der Waals surface area contributed by atoms with E-state index in [0.717, 1.165) is 11.3 Å². The van der Waals surface area contributed by atoms with Crippen LogP contribution in [0.1, 0.15) is 24.9 Å². The van der Waals surface area contributed by atoms with E-state index in [2.05, 4.69) is 4.98 Å². The SMILES string of the molecule is CC(F)(F)COc1ccc([C@H]2CC3OC3N2c2ccn3ccnc3c2)c(F)c1F. The first-order chi connectivity index (χ1) is 13.8. The molecular weight excluding hydrogens is 390 g/mol. The number of pyridine rings is 1. The first-order valence-corrected chi connectivity index (χ1v) is 9.17. The molecule has 2 aromatic heterocycles. The molecule has 3 atom stereocenters. The standard InChI is InChI=1S/C20H17F4N3O2/c1-20(23,24)10-28-14-3-2-12(17(21)18(14)22)13-9-15-19(29-15)27(13)11-4-6-26-7-5-25-16(26)8-11/h2-8,13,15,19H,9-10H2,1H3/t13-,15?,19?/m1/s1. The highest BCUT2D eigenvalue weighted by Crippen LogP contribution is 2.50. The molecule has 2 saturated heterocycles. The molecule has 5 nitrogen and oxygen atoms in total. The summed E-state index contributed by atoms with van der Waals surface area (Å²) >= 11 is 0. The molecule has 0 saturated carbocycles. The largest absolute Gasteiger partial charge is 0.484 e. The van der Waals surface area contributed by atoms with Gasteiger partial charge in [0.1, 0.15) is 11.8 Å². The zero-order valence-corrected chi connectivity index (χ0v) is 15.4. The number of nitrogens with zero attached hydrogens (tertiary/aromatic N) is 3. The maximum atomic E-state index is 14.8. The van der Waals surface area contributed by atoms with Crippen molar-refractivity contribution in [2.75, 3.05) is 11.5 Å². The van der Waals surface area contributed by atoms with Crippen LogP contribution in [0.4, 0.5) is 23.2 Å². The third-order valence-electron chi connectivity index (χ3n) is 5.22. The van der Waals surface area contributed by atoms with Gasteiger partial charge in [0, 0.05) is 49.3 Å². The van der Waals surface area contributed by atoms with Crippen molar-refractivity contribution in [3.63, 3.8) is 0 Å². The maximum Gasteiger partial charge on any atom is 0.278 e. The normalized spacial score (nSPS) is 23.5. The third-order valence-corrected chi connectivity index (χ3v) is 5.22. The summed E-state index contributed by atoms with van der Waals surface area (Å²) in [6.07, 6.45) is 5.54. The summed E-state index contributed by atoms with van der Waals surface area (Å²) in [6, 6.07) is 5.85. The van der Waals surface area contributed by atoms with Crippen molar-refractivity contribution in [3.8, 4) is 5.75 Å². The van der Waals surface area contributed by atoms with E-state index in [-0.39, 0.29) is 17.9 Å². The molecule has 0 aliphatic carbocycles. The molecule has 3 aromatic rings. The first kappa shape index (κ1) is 18.2. The monoisotopic (exact) mass is 407 g/mol. The minimum atomic E-state index is -3.14. The van der Waals surface area contributed by atoms with Gasteiger partial charge in [-0.2, -0.15) is 4.39 Å². The fourth-order valence-electron chi connectivity index (χ4n) is 3.85. The number of halogens is 4. The Morgan fingerprint density at radius 2 is 2.03 bits per heavy atom. The number of hydrogen-bond acceptors (Lipinski definition) is 4. The van der Waals surface area contributed by atoms with Crippen molar-refractivity contribution >= 4 is 11.3 Å². The van der Waals surface area contributed by atoms with E-state index in [4.69, 9.17) is 9.47 Å². The van der Waals surface area contributed by atoms with E-state index in [1.165, 1.54) is 12.1 Å². The summed E-state index contributed by atoms with van der Waals surface area (Å²) in [7, 11) is 0. The van der Waals surface area contributed by atoms with Crippen molar-refractivity contribution in [1.29, 1.82) is 0 Å². The molecule has 2 unspecified atom stereocenters. The number of alkyl halides is 2. The number of ether oxygens (including phenoxy) is 2. The summed E-state index contributed by atoms with van der Waals surface area (Å²) in [5, 5.41) is 0. The Morgan fingerprint density at radius 3 is 2.83 bits per heavy atom. The van der Waals surface area contributed by atoms with Gasteiger partial charge in [-0.25, -0.2) is 18.2 Å². The summed E-state index contributed by atoms with van der Waals surface area (Å²) in [4.78, 5) is 6.16. The number of fused-ring (bicyclic) bond motifs is 2. The summed E-state index contributed by atoms with van der Waals surface area (Å²) < 4.78 is 67.5. The third kappa shape index (κ3) is 3.19.